The predicted molar refractivity (Wildman–Crippen MR) is 170 cm³/mol. The Kier molecular flexibility index (Phi) is 8.67. The number of hydrogen-bond acceptors (Lipinski definition) is 6. The summed E-state index contributed by atoms with van der Waals surface area (Å²) in [4.78, 5) is 48.8. The molecule has 3 fully saturated rings. The normalized spacial score (nSPS) is 21.9. The molecule has 6 rings (SSSR count). The smallest absolute Gasteiger partial charge is 0.323 e. The minimum atomic E-state index is -0.435. The molecule has 0 radical (unpaired) electrons. The lowest BCUT2D eigenvalue weighted by Crippen LogP contribution is -2.43. The minimum absolute atomic E-state index is 0.00931. The van der Waals surface area contributed by atoms with Crippen LogP contribution < -0.4 is 20.3 Å². The van der Waals surface area contributed by atoms with E-state index in [0.717, 1.165) is 42.8 Å². The van der Waals surface area contributed by atoms with Crippen molar-refractivity contribution in [3.8, 4) is 5.75 Å². The van der Waals surface area contributed by atoms with E-state index in [1.165, 1.54) is 12.8 Å². The van der Waals surface area contributed by atoms with Gasteiger partial charge in [-0.2, -0.15) is 0 Å². The minimum Gasteiger partial charge on any atom is -0.490 e. The van der Waals surface area contributed by atoms with E-state index in [9.17, 15) is 14.4 Å². The summed E-state index contributed by atoms with van der Waals surface area (Å²) in [5, 5.41) is 5.76. The third-order valence-electron chi connectivity index (χ3n) is 9.20. The monoisotopic (exact) mass is 596 g/mol. The van der Waals surface area contributed by atoms with E-state index in [-0.39, 0.29) is 36.3 Å². The number of aromatic nitrogens is 1. The molecule has 1 unspecified atom stereocenters. The molecular formula is C34H40N6O4. The van der Waals surface area contributed by atoms with Gasteiger partial charge in [-0.25, -0.2) is 4.79 Å². The van der Waals surface area contributed by atoms with Gasteiger partial charge in [0.25, 0.3) is 0 Å². The van der Waals surface area contributed by atoms with E-state index in [4.69, 9.17) is 4.74 Å². The number of likely N-dealkylation sites (N-methyl/N-ethyl adjacent to an activating group) is 1. The fourth-order valence-electron chi connectivity index (χ4n) is 6.70. The Labute approximate surface area is 258 Å². The van der Waals surface area contributed by atoms with Crippen LogP contribution in [0, 0.1) is 5.92 Å². The summed E-state index contributed by atoms with van der Waals surface area (Å²) in [6, 6.07) is 18.4. The largest absolute Gasteiger partial charge is 0.490 e. The maximum Gasteiger partial charge on any atom is 0.323 e. The van der Waals surface area contributed by atoms with Gasteiger partial charge in [-0.3, -0.25) is 14.6 Å². The highest BCUT2D eigenvalue weighted by molar-refractivity contribution is 5.99. The molecule has 4 amide bonds. The van der Waals surface area contributed by atoms with E-state index >= 15 is 0 Å². The summed E-state index contributed by atoms with van der Waals surface area (Å²) in [5.74, 6) is 0.358. The number of ether oxygens (including phenoxy) is 1. The van der Waals surface area contributed by atoms with Gasteiger partial charge < -0.3 is 30.1 Å². The van der Waals surface area contributed by atoms with Crippen LogP contribution in [0.15, 0.2) is 73.1 Å². The van der Waals surface area contributed by atoms with Gasteiger partial charge in [0.15, 0.2) is 0 Å². The van der Waals surface area contributed by atoms with Crippen LogP contribution in [0.2, 0.25) is 0 Å². The van der Waals surface area contributed by atoms with Crippen molar-refractivity contribution in [2.24, 2.45) is 5.92 Å². The van der Waals surface area contributed by atoms with Crippen LogP contribution in [-0.4, -0.2) is 72.0 Å². The Balaban J connectivity index is 1.01. The van der Waals surface area contributed by atoms with Gasteiger partial charge in [0, 0.05) is 63.1 Å². The molecule has 2 aromatic carbocycles. The zero-order chi connectivity index (χ0) is 30.6. The first-order valence-corrected chi connectivity index (χ1v) is 15.5. The van der Waals surface area contributed by atoms with Gasteiger partial charge in [0.2, 0.25) is 11.8 Å². The van der Waals surface area contributed by atoms with Crippen molar-refractivity contribution >= 4 is 34.9 Å². The van der Waals surface area contributed by atoms with E-state index in [1.807, 2.05) is 72.6 Å². The molecule has 230 valence electrons. The van der Waals surface area contributed by atoms with Crippen LogP contribution >= 0.6 is 0 Å². The summed E-state index contributed by atoms with van der Waals surface area (Å²) in [6.45, 7) is 1.51. The Bertz CT molecular complexity index is 1460. The molecular weight excluding hydrogens is 556 g/mol. The van der Waals surface area contributed by atoms with Crippen LogP contribution in [0.1, 0.15) is 50.1 Å². The molecule has 10 heteroatoms. The van der Waals surface area contributed by atoms with Gasteiger partial charge in [0.1, 0.15) is 5.75 Å². The third kappa shape index (κ3) is 6.49. The third-order valence-corrected chi connectivity index (χ3v) is 9.20. The Morgan fingerprint density at radius 2 is 1.64 bits per heavy atom. The molecule has 2 N–H and O–H groups in total. The quantitative estimate of drug-likeness (QED) is 0.365. The number of urea groups is 1. The van der Waals surface area contributed by atoms with Crippen molar-refractivity contribution in [3.63, 3.8) is 0 Å². The van der Waals surface area contributed by atoms with Crippen molar-refractivity contribution < 1.29 is 19.1 Å². The van der Waals surface area contributed by atoms with Gasteiger partial charge in [-0.05, 0) is 92.3 Å². The Hall–Kier alpha value is -4.60. The van der Waals surface area contributed by atoms with Crippen molar-refractivity contribution in [2.75, 3.05) is 42.7 Å². The van der Waals surface area contributed by atoms with Crippen LogP contribution in [0.3, 0.4) is 0 Å². The van der Waals surface area contributed by atoms with E-state index in [1.54, 1.807) is 24.3 Å². The highest BCUT2D eigenvalue weighted by Crippen LogP contribution is 2.38. The zero-order valence-electron chi connectivity index (χ0n) is 25.3. The van der Waals surface area contributed by atoms with Gasteiger partial charge in [-0.1, -0.05) is 6.07 Å². The average Bonchev–Trinajstić information content (AvgIpc) is 3.80. The molecule has 3 aliphatic rings. The molecule has 10 nitrogen and oxygen atoms in total. The van der Waals surface area contributed by atoms with Crippen LogP contribution in [-0.2, 0) is 9.59 Å². The predicted octanol–water partition coefficient (Wildman–Crippen LogP) is 5.30. The van der Waals surface area contributed by atoms with Crippen molar-refractivity contribution in [3.05, 3.63) is 78.6 Å². The van der Waals surface area contributed by atoms with Crippen LogP contribution in [0.4, 0.5) is 21.9 Å². The number of amides is 4. The number of rotatable bonds is 8. The maximum atomic E-state index is 13.7. The average molecular weight is 597 g/mol. The number of carbonyl (C=O) groups is 3. The summed E-state index contributed by atoms with van der Waals surface area (Å²) in [5.41, 5.74) is 3.29. The number of nitrogens with one attached hydrogen (secondary N) is 2. The summed E-state index contributed by atoms with van der Waals surface area (Å²) < 4.78 is 6.00. The second-order valence-electron chi connectivity index (χ2n) is 12.1. The molecule has 44 heavy (non-hydrogen) atoms. The van der Waals surface area contributed by atoms with Crippen molar-refractivity contribution in [1.82, 2.24) is 14.8 Å². The van der Waals surface area contributed by atoms with E-state index < -0.39 is 5.92 Å². The molecule has 3 heterocycles. The number of anilines is 3. The first-order valence-electron chi connectivity index (χ1n) is 15.5. The highest BCUT2D eigenvalue weighted by Gasteiger charge is 2.45. The Morgan fingerprint density at radius 3 is 2.30 bits per heavy atom. The number of benzene rings is 2. The molecule has 1 aliphatic carbocycles. The molecule has 0 bridgehead atoms. The first-order chi connectivity index (χ1) is 21.4. The second-order valence-corrected chi connectivity index (χ2v) is 12.1. The molecule has 1 saturated carbocycles. The number of likely N-dealkylation sites (tertiary alicyclic amines) is 1. The number of nitrogens with zero attached hydrogens (tertiary/aromatic N) is 4. The van der Waals surface area contributed by atoms with Gasteiger partial charge in [-0.15, -0.1) is 0 Å². The fourth-order valence-corrected chi connectivity index (χ4v) is 6.70. The second kappa shape index (κ2) is 13.0. The highest BCUT2D eigenvalue weighted by atomic mass is 16.5. The molecule has 1 aromatic heterocycles. The summed E-state index contributed by atoms with van der Waals surface area (Å²) >= 11 is 0. The lowest BCUT2D eigenvalue weighted by Gasteiger charge is -2.31. The van der Waals surface area contributed by atoms with Crippen LogP contribution in [0.25, 0.3) is 0 Å². The number of pyridine rings is 1. The first kappa shape index (κ1) is 29.5. The van der Waals surface area contributed by atoms with E-state index in [2.05, 4.69) is 20.5 Å². The maximum absolute atomic E-state index is 13.7. The van der Waals surface area contributed by atoms with Crippen molar-refractivity contribution in [1.29, 1.82) is 0 Å². The zero-order valence-corrected chi connectivity index (χ0v) is 25.3. The molecule has 3 atom stereocenters. The standard InChI is InChI=1S/C34H40N6O4/c1-38(33(42)30-20-31(41)39(2)32(30)23-6-5-18-35-21-23)27-17-19-40(22-27)26-13-9-24(10-14-26)36-34(43)37-25-11-15-29(16-12-25)44-28-7-3-4-8-28/h5-6,9-16,18,21,27-28,30,32H,3-4,7-8,17,19-20,22H2,1-2H3,(H2,36,37,43)/t27?,30-,32+/m0/s1. The topological polar surface area (TPSA) is 107 Å². The van der Waals surface area contributed by atoms with Crippen LogP contribution in [0.5, 0.6) is 5.75 Å². The summed E-state index contributed by atoms with van der Waals surface area (Å²) in [7, 11) is 3.61. The molecule has 2 aliphatic heterocycles. The lowest BCUT2D eigenvalue weighted by atomic mass is 9.93. The van der Waals surface area contributed by atoms with Crippen molar-refractivity contribution in [2.45, 2.75) is 56.7 Å². The number of carbonyl (C=O) groups excluding carboxylic acids is 3. The fraction of sp³-hybridized carbons (Fsp3) is 0.412. The molecule has 3 aromatic rings. The SMILES string of the molecule is CN(C(=O)[C@H]1CC(=O)N(C)[C@@H]1c1cccnc1)C1CCN(c2ccc(NC(=O)Nc3ccc(OC4CCCC4)cc3)cc2)C1. The summed E-state index contributed by atoms with van der Waals surface area (Å²) in [6.07, 6.45) is 9.42. The lowest BCUT2D eigenvalue weighted by molar-refractivity contribution is -0.137. The molecule has 2 saturated heterocycles. The van der Waals surface area contributed by atoms with Gasteiger partial charge >= 0.3 is 6.03 Å². The Morgan fingerprint density at radius 1 is 0.955 bits per heavy atom. The van der Waals surface area contributed by atoms with E-state index in [0.29, 0.717) is 24.0 Å². The van der Waals surface area contributed by atoms with Gasteiger partial charge in [0.05, 0.1) is 24.1 Å². The number of hydrogen-bond donors (Lipinski definition) is 2. The molecule has 0 spiro atoms.